The molecule has 0 aliphatic carbocycles. The lowest BCUT2D eigenvalue weighted by molar-refractivity contribution is 0.0527. The fourth-order valence-electron chi connectivity index (χ4n) is 2.90. The molecular weight excluding hydrogens is 465 g/mol. The Kier molecular flexibility index (Phi) is 6.81. The van der Waals surface area contributed by atoms with Crippen LogP contribution >= 0.6 is 22.6 Å². The van der Waals surface area contributed by atoms with Gasteiger partial charge in [0.05, 0.1) is 30.0 Å². The molecule has 0 aliphatic heterocycles. The molecule has 0 spiro atoms. The monoisotopic (exact) mass is 485 g/mol. The van der Waals surface area contributed by atoms with Gasteiger partial charge in [-0.05, 0) is 59.3 Å². The minimum absolute atomic E-state index is 0.161. The van der Waals surface area contributed by atoms with Crippen LogP contribution in [0.15, 0.2) is 78.9 Å². The number of carbonyl (C=O) groups excluding carboxylic acids is 2. The van der Waals surface area contributed by atoms with Gasteiger partial charge in [0.15, 0.2) is 0 Å². The molecule has 0 aliphatic rings. The topological polar surface area (TPSA) is 46.6 Å². The number of benzene rings is 3. The van der Waals surface area contributed by atoms with Crippen LogP contribution in [0.25, 0.3) is 0 Å². The molecule has 0 unspecified atom stereocenters. The third kappa shape index (κ3) is 4.59. The van der Waals surface area contributed by atoms with Crippen LogP contribution in [0.3, 0.4) is 0 Å². The molecule has 0 fully saturated rings. The Labute approximate surface area is 178 Å². The highest BCUT2D eigenvalue weighted by molar-refractivity contribution is 14.1. The first-order valence-electron chi connectivity index (χ1n) is 8.98. The second kappa shape index (κ2) is 9.50. The summed E-state index contributed by atoms with van der Waals surface area (Å²) >= 11 is 2.16. The van der Waals surface area contributed by atoms with Gasteiger partial charge in [0.25, 0.3) is 5.91 Å². The van der Waals surface area contributed by atoms with Crippen LogP contribution in [0.5, 0.6) is 0 Å². The van der Waals surface area contributed by atoms with Crippen molar-refractivity contribution in [3.05, 3.63) is 99.1 Å². The number of para-hydroxylation sites is 1. The largest absolute Gasteiger partial charge is 0.462 e. The molecule has 1 amide bonds. The van der Waals surface area contributed by atoms with Gasteiger partial charge in [-0.15, -0.1) is 0 Å². The maximum Gasteiger partial charge on any atom is 0.340 e. The van der Waals surface area contributed by atoms with Gasteiger partial charge >= 0.3 is 5.97 Å². The number of nitrogens with zero attached hydrogens (tertiary/aromatic N) is 1. The predicted molar refractivity (Wildman–Crippen MR) is 119 cm³/mol. The zero-order valence-electron chi connectivity index (χ0n) is 15.5. The lowest BCUT2D eigenvalue weighted by Gasteiger charge is -2.25. The summed E-state index contributed by atoms with van der Waals surface area (Å²) in [6.45, 7) is 2.39. The van der Waals surface area contributed by atoms with Crippen molar-refractivity contribution in [1.29, 1.82) is 0 Å². The number of hydrogen-bond acceptors (Lipinski definition) is 3. The number of carbonyl (C=O) groups is 2. The highest BCUT2D eigenvalue weighted by atomic mass is 127. The van der Waals surface area contributed by atoms with E-state index in [0.717, 1.165) is 9.13 Å². The Morgan fingerprint density at radius 3 is 2.14 bits per heavy atom. The first-order valence-corrected chi connectivity index (χ1v) is 10.1. The molecule has 0 saturated carbocycles. The molecule has 142 valence electrons. The molecule has 0 radical (unpaired) electrons. The molecule has 5 heteroatoms. The van der Waals surface area contributed by atoms with Crippen molar-refractivity contribution in [3.63, 3.8) is 0 Å². The van der Waals surface area contributed by atoms with Crippen molar-refractivity contribution in [2.75, 3.05) is 11.5 Å². The zero-order valence-corrected chi connectivity index (χ0v) is 17.6. The smallest absolute Gasteiger partial charge is 0.340 e. The second-order valence-corrected chi connectivity index (χ2v) is 7.26. The molecule has 0 heterocycles. The van der Waals surface area contributed by atoms with E-state index >= 15 is 0 Å². The zero-order chi connectivity index (χ0) is 19.9. The summed E-state index contributed by atoms with van der Waals surface area (Å²) in [4.78, 5) is 27.6. The number of ether oxygens (including phenoxy) is 1. The summed E-state index contributed by atoms with van der Waals surface area (Å²) in [6.07, 6.45) is 0. The van der Waals surface area contributed by atoms with Crippen molar-refractivity contribution in [3.8, 4) is 0 Å². The van der Waals surface area contributed by atoms with Crippen LogP contribution in [-0.4, -0.2) is 18.5 Å². The summed E-state index contributed by atoms with van der Waals surface area (Å²) in [5.41, 5.74) is 2.48. The average molecular weight is 485 g/mol. The third-order valence-corrected chi connectivity index (χ3v) is 5.16. The fourth-order valence-corrected chi connectivity index (χ4v) is 3.52. The Hall–Kier alpha value is -2.67. The molecule has 0 saturated heterocycles. The van der Waals surface area contributed by atoms with Crippen molar-refractivity contribution in [2.24, 2.45) is 0 Å². The molecule has 0 N–H and O–H groups in total. The first kappa shape index (κ1) is 20.1. The van der Waals surface area contributed by atoms with E-state index in [1.165, 1.54) is 0 Å². The summed E-state index contributed by atoms with van der Waals surface area (Å²) in [5, 5.41) is 0. The van der Waals surface area contributed by atoms with E-state index in [0.29, 0.717) is 23.4 Å². The Balaban J connectivity index is 2.08. The summed E-state index contributed by atoms with van der Waals surface area (Å²) in [5.74, 6) is -0.600. The highest BCUT2D eigenvalue weighted by Crippen LogP contribution is 2.26. The number of anilines is 1. The number of esters is 1. The normalized spacial score (nSPS) is 10.4. The third-order valence-electron chi connectivity index (χ3n) is 4.22. The Bertz CT molecular complexity index is 972. The fraction of sp³-hybridized carbons (Fsp3) is 0.130. The lowest BCUT2D eigenvalue weighted by Crippen LogP contribution is -2.32. The second-order valence-electron chi connectivity index (χ2n) is 6.09. The number of halogens is 1. The van der Waals surface area contributed by atoms with Crippen LogP contribution in [0.4, 0.5) is 5.69 Å². The molecule has 3 rings (SSSR count). The van der Waals surface area contributed by atoms with E-state index in [9.17, 15) is 9.59 Å². The van der Waals surface area contributed by atoms with Crippen molar-refractivity contribution < 1.29 is 14.3 Å². The van der Waals surface area contributed by atoms with Gasteiger partial charge < -0.3 is 9.64 Å². The number of rotatable bonds is 6. The Morgan fingerprint density at radius 1 is 0.857 bits per heavy atom. The standard InChI is InChI=1S/C23H20INO3/c1-2-28-23(27)19-13-7-9-15-21(19)25(16-17-10-4-3-5-11-17)22(26)18-12-6-8-14-20(18)24/h3-15H,2,16H2,1H3. The number of amides is 1. The van der Waals surface area contributed by atoms with E-state index in [4.69, 9.17) is 4.74 Å². The van der Waals surface area contributed by atoms with Crippen LogP contribution in [0.1, 0.15) is 33.2 Å². The minimum atomic E-state index is -0.438. The molecule has 4 nitrogen and oxygen atoms in total. The van der Waals surface area contributed by atoms with E-state index in [1.54, 1.807) is 36.1 Å². The maximum atomic E-state index is 13.5. The van der Waals surface area contributed by atoms with Gasteiger partial charge in [0, 0.05) is 3.57 Å². The predicted octanol–water partition coefficient (Wildman–Crippen LogP) is 5.31. The number of hydrogen-bond donors (Lipinski definition) is 0. The van der Waals surface area contributed by atoms with E-state index in [1.807, 2.05) is 54.6 Å². The Morgan fingerprint density at radius 2 is 1.46 bits per heavy atom. The summed E-state index contributed by atoms with van der Waals surface area (Å²) in [7, 11) is 0. The summed E-state index contributed by atoms with van der Waals surface area (Å²) in [6, 6.07) is 24.2. The van der Waals surface area contributed by atoms with E-state index < -0.39 is 5.97 Å². The van der Waals surface area contributed by atoms with Crippen LogP contribution < -0.4 is 4.90 Å². The molecule has 0 atom stereocenters. The van der Waals surface area contributed by atoms with E-state index in [-0.39, 0.29) is 12.5 Å². The minimum Gasteiger partial charge on any atom is -0.462 e. The van der Waals surface area contributed by atoms with Crippen molar-refractivity contribution >= 4 is 40.2 Å². The van der Waals surface area contributed by atoms with Crippen LogP contribution in [0, 0.1) is 3.57 Å². The van der Waals surface area contributed by atoms with Crippen molar-refractivity contribution in [1.82, 2.24) is 0 Å². The van der Waals surface area contributed by atoms with Gasteiger partial charge in [0.1, 0.15) is 0 Å². The van der Waals surface area contributed by atoms with E-state index in [2.05, 4.69) is 22.6 Å². The van der Waals surface area contributed by atoms with Gasteiger partial charge in [-0.3, -0.25) is 4.79 Å². The molecular formula is C23H20INO3. The van der Waals surface area contributed by atoms with Gasteiger partial charge in [0.2, 0.25) is 0 Å². The molecule has 3 aromatic rings. The average Bonchev–Trinajstić information content (AvgIpc) is 2.73. The molecule has 28 heavy (non-hydrogen) atoms. The quantitative estimate of drug-likeness (QED) is 0.351. The molecule has 0 aromatic heterocycles. The maximum absolute atomic E-state index is 13.5. The SMILES string of the molecule is CCOC(=O)c1ccccc1N(Cc1ccccc1)C(=O)c1ccccc1I. The van der Waals surface area contributed by atoms with Crippen LogP contribution in [0.2, 0.25) is 0 Å². The van der Waals surface area contributed by atoms with Gasteiger partial charge in [-0.25, -0.2) is 4.79 Å². The van der Waals surface area contributed by atoms with Gasteiger partial charge in [-0.1, -0.05) is 54.6 Å². The van der Waals surface area contributed by atoms with Gasteiger partial charge in [-0.2, -0.15) is 0 Å². The van der Waals surface area contributed by atoms with Crippen LogP contribution in [-0.2, 0) is 11.3 Å². The highest BCUT2D eigenvalue weighted by Gasteiger charge is 2.24. The summed E-state index contributed by atoms with van der Waals surface area (Å²) < 4.78 is 6.06. The molecule has 3 aromatic carbocycles. The molecule has 0 bridgehead atoms. The van der Waals surface area contributed by atoms with Crippen molar-refractivity contribution in [2.45, 2.75) is 13.5 Å². The lowest BCUT2D eigenvalue weighted by atomic mass is 10.1. The first-order chi connectivity index (χ1) is 13.6.